The van der Waals surface area contributed by atoms with Gasteiger partial charge in [-0.3, -0.25) is 0 Å². The molecule has 1 N–H and O–H groups in total. The molecule has 2 aromatic carbocycles. The summed E-state index contributed by atoms with van der Waals surface area (Å²) in [5, 5.41) is 11.5. The minimum absolute atomic E-state index is 0.838. The molecule has 120 valence electrons. The van der Waals surface area contributed by atoms with Gasteiger partial charge in [0.05, 0.1) is 0 Å². The first-order chi connectivity index (χ1) is 11.1. The van der Waals surface area contributed by atoms with Crippen molar-refractivity contribution in [1.82, 2.24) is 0 Å². The number of hydrogen-bond acceptors (Lipinski definition) is 1. The lowest BCUT2D eigenvalue weighted by atomic mass is 9.87. The second kappa shape index (κ2) is 7.63. The van der Waals surface area contributed by atoms with E-state index in [1.54, 1.807) is 0 Å². The van der Waals surface area contributed by atoms with Crippen LogP contribution in [0.2, 0.25) is 18.1 Å². The third-order valence-electron chi connectivity index (χ3n) is 4.92. The summed E-state index contributed by atoms with van der Waals surface area (Å²) in [6.45, 7) is 6.70. The molecule has 23 heavy (non-hydrogen) atoms. The van der Waals surface area contributed by atoms with Gasteiger partial charge in [-0.05, 0) is 18.1 Å². The number of rotatable bonds is 5. The molecule has 2 rings (SSSR count). The van der Waals surface area contributed by atoms with Gasteiger partial charge in [0.1, 0.15) is 8.07 Å². The predicted molar refractivity (Wildman–Crippen MR) is 101 cm³/mol. The van der Waals surface area contributed by atoms with Gasteiger partial charge in [-0.15, -0.1) is 5.54 Å². The topological polar surface area (TPSA) is 20.2 Å². The van der Waals surface area contributed by atoms with Crippen molar-refractivity contribution >= 4 is 8.07 Å². The number of aliphatic hydroxyl groups is 1. The maximum absolute atomic E-state index is 11.5. The van der Waals surface area contributed by atoms with Gasteiger partial charge in [-0.25, -0.2) is 0 Å². The molecule has 0 spiro atoms. The zero-order valence-corrected chi connectivity index (χ0v) is 15.3. The van der Waals surface area contributed by atoms with Crippen LogP contribution >= 0.6 is 0 Å². The zero-order chi connectivity index (χ0) is 16.8. The normalized spacial score (nSPS) is 11.7. The Balaban J connectivity index is 2.57. The summed E-state index contributed by atoms with van der Waals surface area (Å²) in [4.78, 5) is 0. The molecule has 2 heteroatoms. The second-order valence-electron chi connectivity index (χ2n) is 6.03. The molecule has 0 aliphatic carbocycles. The highest BCUT2D eigenvalue weighted by molar-refractivity contribution is 6.87. The maximum atomic E-state index is 11.5. The largest absolute Gasteiger partial charge is 0.369 e. The summed E-state index contributed by atoms with van der Waals surface area (Å²) in [5.74, 6) is 3.29. The van der Waals surface area contributed by atoms with Crippen molar-refractivity contribution in [3.63, 3.8) is 0 Å². The molecule has 0 aromatic heterocycles. The summed E-state index contributed by atoms with van der Waals surface area (Å²) in [7, 11) is -1.61. The van der Waals surface area contributed by atoms with Crippen molar-refractivity contribution in [3.05, 3.63) is 71.8 Å². The van der Waals surface area contributed by atoms with Crippen LogP contribution in [-0.2, 0) is 5.60 Å². The molecule has 0 atom stereocenters. The van der Waals surface area contributed by atoms with Gasteiger partial charge in [0.25, 0.3) is 0 Å². The Bertz CT molecular complexity index is 615. The highest BCUT2D eigenvalue weighted by Gasteiger charge is 2.31. The fourth-order valence-electron chi connectivity index (χ4n) is 2.91. The van der Waals surface area contributed by atoms with E-state index >= 15 is 0 Å². The van der Waals surface area contributed by atoms with Crippen LogP contribution in [-0.4, -0.2) is 13.2 Å². The fourth-order valence-corrected chi connectivity index (χ4v) is 5.38. The van der Waals surface area contributed by atoms with Gasteiger partial charge in [0.15, 0.2) is 5.60 Å². The Kier molecular flexibility index (Phi) is 5.82. The molecule has 0 heterocycles. The standard InChI is InChI=1S/C21H26OSi/c1-4-23(5-2,6-3)18-17-21(22,19-13-9-7-10-14-19)20-15-11-8-12-16-20/h7-16,22H,4-6H2,1-3H3. The van der Waals surface area contributed by atoms with Crippen molar-refractivity contribution in [3.8, 4) is 11.5 Å². The highest BCUT2D eigenvalue weighted by Crippen LogP contribution is 2.30. The van der Waals surface area contributed by atoms with Gasteiger partial charge in [0.2, 0.25) is 0 Å². The molecule has 0 fully saturated rings. The monoisotopic (exact) mass is 322 g/mol. The summed E-state index contributed by atoms with van der Waals surface area (Å²) < 4.78 is 0. The average molecular weight is 323 g/mol. The lowest BCUT2D eigenvalue weighted by molar-refractivity contribution is 0.145. The van der Waals surface area contributed by atoms with E-state index in [1.165, 1.54) is 0 Å². The Morgan fingerprint density at radius 2 is 1.17 bits per heavy atom. The summed E-state index contributed by atoms with van der Waals surface area (Å²) in [6.07, 6.45) is 0. The van der Waals surface area contributed by atoms with E-state index < -0.39 is 13.7 Å². The first-order valence-corrected chi connectivity index (χ1v) is 11.1. The predicted octanol–water partition coefficient (Wildman–Crippen LogP) is 4.97. The molecule has 2 aromatic rings. The second-order valence-corrected chi connectivity index (χ2v) is 11.0. The number of hydrogen-bond donors (Lipinski definition) is 1. The van der Waals surface area contributed by atoms with E-state index in [-0.39, 0.29) is 0 Å². The molecule has 0 saturated carbocycles. The molecule has 0 saturated heterocycles. The van der Waals surface area contributed by atoms with Crippen LogP contribution in [0.5, 0.6) is 0 Å². The van der Waals surface area contributed by atoms with Crippen LogP contribution in [0.15, 0.2) is 60.7 Å². The van der Waals surface area contributed by atoms with Crippen LogP contribution in [0.3, 0.4) is 0 Å². The molecule has 0 aliphatic rings. The van der Waals surface area contributed by atoms with Crippen LogP contribution in [0.25, 0.3) is 0 Å². The van der Waals surface area contributed by atoms with Gasteiger partial charge in [-0.2, -0.15) is 0 Å². The first kappa shape index (κ1) is 17.5. The Morgan fingerprint density at radius 3 is 1.52 bits per heavy atom. The van der Waals surface area contributed by atoms with Crippen molar-refractivity contribution in [1.29, 1.82) is 0 Å². The molecule has 0 aliphatic heterocycles. The lowest BCUT2D eigenvalue weighted by Gasteiger charge is -2.26. The van der Waals surface area contributed by atoms with Crippen LogP contribution in [0.4, 0.5) is 0 Å². The Labute approximate surface area is 141 Å². The molecule has 1 nitrogen and oxygen atoms in total. The third-order valence-corrected chi connectivity index (χ3v) is 9.64. The van der Waals surface area contributed by atoms with Crippen LogP contribution in [0, 0.1) is 11.5 Å². The highest BCUT2D eigenvalue weighted by atomic mass is 28.3. The van der Waals surface area contributed by atoms with Gasteiger partial charge in [-0.1, -0.05) is 87.4 Å². The summed E-state index contributed by atoms with van der Waals surface area (Å²) in [6, 6.07) is 22.9. The van der Waals surface area contributed by atoms with E-state index in [4.69, 9.17) is 0 Å². The Hall–Kier alpha value is -1.82. The zero-order valence-electron chi connectivity index (χ0n) is 14.3. The number of benzene rings is 2. The molecule has 0 unspecified atom stereocenters. The minimum Gasteiger partial charge on any atom is -0.369 e. The lowest BCUT2D eigenvalue weighted by Crippen LogP contribution is -2.32. The molecule has 0 bridgehead atoms. The molecular weight excluding hydrogens is 296 g/mol. The van der Waals surface area contributed by atoms with E-state index in [1.807, 2.05) is 60.7 Å². The summed E-state index contributed by atoms with van der Waals surface area (Å²) in [5.41, 5.74) is 4.00. The van der Waals surface area contributed by atoms with Crippen molar-refractivity contribution in [2.75, 3.05) is 0 Å². The smallest absolute Gasteiger partial charge is 0.176 e. The van der Waals surface area contributed by atoms with Gasteiger partial charge in [0, 0.05) is 11.1 Å². The van der Waals surface area contributed by atoms with E-state index in [2.05, 4.69) is 32.2 Å². The average Bonchev–Trinajstić information content (AvgIpc) is 2.64. The Morgan fingerprint density at radius 1 is 0.783 bits per heavy atom. The molecule has 0 radical (unpaired) electrons. The van der Waals surface area contributed by atoms with E-state index in [0.717, 1.165) is 29.3 Å². The van der Waals surface area contributed by atoms with E-state index in [0.29, 0.717) is 0 Å². The van der Waals surface area contributed by atoms with Gasteiger partial charge < -0.3 is 5.11 Å². The molecule has 0 amide bonds. The minimum atomic E-state index is -1.61. The van der Waals surface area contributed by atoms with Crippen LogP contribution < -0.4 is 0 Å². The molecular formula is C21H26OSi. The first-order valence-electron chi connectivity index (χ1n) is 8.48. The fraction of sp³-hybridized carbons (Fsp3) is 0.333. The summed E-state index contributed by atoms with van der Waals surface area (Å²) >= 11 is 0. The van der Waals surface area contributed by atoms with Gasteiger partial charge >= 0.3 is 0 Å². The van der Waals surface area contributed by atoms with Crippen molar-refractivity contribution < 1.29 is 5.11 Å². The maximum Gasteiger partial charge on any atom is 0.176 e. The van der Waals surface area contributed by atoms with Crippen molar-refractivity contribution in [2.24, 2.45) is 0 Å². The SMILES string of the molecule is CC[Si](C#CC(O)(c1ccccc1)c1ccccc1)(CC)CC. The van der Waals surface area contributed by atoms with E-state index in [9.17, 15) is 5.11 Å². The quantitative estimate of drug-likeness (QED) is 0.608. The van der Waals surface area contributed by atoms with Crippen molar-refractivity contribution in [2.45, 2.75) is 44.5 Å². The third kappa shape index (κ3) is 3.75. The van der Waals surface area contributed by atoms with Crippen LogP contribution in [0.1, 0.15) is 31.9 Å².